The summed E-state index contributed by atoms with van der Waals surface area (Å²) in [6.45, 7) is 0. The number of amides is 1. The Balaban J connectivity index is 2.04. The molecule has 4 rings (SSSR count). The number of fused-ring (bicyclic) bond motifs is 1. The molecule has 130 valence electrons. The van der Waals surface area contributed by atoms with E-state index < -0.39 is 5.91 Å². The number of tetrazole rings is 1. The van der Waals surface area contributed by atoms with Gasteiger partial charge in [-0.1, -0.05) is 18.2 Å². The first kappa shape index (κ1) is 16.0. The molecule has 0 saturated heterocycles. The number of H-pyrrole nitrogens is 1. The van der Waals surface area contributed by atoms with E-state index in [0.717, 1.165) is 4.70 Å². The largest absolute Gasteiger partial charge is 0.496 e. The van der Waals surface area contributed by atoms with Crippen LogP contribution in [0.5, 0.6) is 17.2 Å². The molecular formula is C17H13N5O3S. The summed E-state index contributed by atoms with van der Waals surface area (Å²) < 4.78 is 12.3. The van der Waals surface area contributed by atoms with Crippen LogP contribution < -0.4 is 15.2 Å². The second-order valence-corrected chi connectivity index (χ2v) is 6.34. The summed E-state index contributed by atoms with van der Waals surface area (Å²) in [6, 6.07) is 12.8. The zero-order chi connectivity index (χ0) is 18.1. The minimum Gasteiger partial charge on any atom is -0.496 e. The molecule has 0 radical (unpaired) electrons. The number of aromatic amines is 1. The fourth-order valence-electron chi connectivity index (χ4n) is 2.67. The Hall–Kier alpha value is -3.46. The number of rotatable bonds is 5. The first-order valence-corrected chi connectivity index (χ1v) is 8.40. The van der Waals surface area contributed by atoms with Gasteiger partial charge in [0, 0.05) is 4.70 Å². The van der Waals surface area contributed by atoms with Crippen molar-refractivity contribution in [2.45, 2.75) is 0 Å². The highest BCUT2D eigenvalue weighted by Crippen LogP contribution is 2.47. The number of ether oxygens (including phenoxy) is 2. The third-order valence-electron chi connectivity index (χ3n) is 3.75. The smallest absolute Gasteiger partial charge is 0.262 e. The number of nitrogens with one attached hydrogen (secondary N) is 1. The van der Waals surface area contributed by atoms with Crippen molar-refractivity contribution in [3.63, 3.8) is 0 Å². The van der Waals surface area contributed by atoms with E-state index >= 15 is 0 Å². The number of para-hydroxylation sites is 1. The second kappa shape index (κ2) is 6.45. The molecule has 0 bridgehead atoms. The zero-order valence-corrected chi connectivity index (χ0v) is 14.4. The molecule has 2 aromatic carbocycles. The minimum atomic E-state index is -0.574. The van der Waals surface area contributed by atoms with Crippen LogP contribution >= 0.6 is 11.3 Å². The number of carbonyl (C=O) groups excluding carboxylic acids is 1. The van der Waals surface area contributed by atoms with Crippen molar-refractivity contribution in [2.24, 2.45) is 5.73 Å². The lowest BCUT2D eigenvalue weighted by Crippen LogP contribution is -2.09. The molecule has 3 N–H and O–H groups in total. The van der Waals surface area contributed by atoms with Gasteiger partial charge < -0.3 is 15.2 Å². The lowest BCUT2D eigenvalue weighted by molar-refractivity contribution is 0.100. The monoisotopic (exact) mass is 367 g/mol. The van der Waals surface area contributed by atoms with E-state index in [1.807, 2.05) is 24.3 Å². The highest BCUT2D eigenvalue weighted by Gasteiger charge is 2.25. The number of nitrogens with two attached hydrogens (primary N) is 1. The lowest BCUT2D eigenvalue weighted by atomic mass is 10.1. The van der Waals surface area contributed by atoms with Crippen LogP contribution in [0.3, 0.4) is 0 Å². The van der Waals surface area contributed by atoms with Gasteiger partial charge in [0.25, 0.3) is 5.91 Å². The first-order chi connectivity index (χ1) is 12.7. The van der Waals surface area contributed by atoms with Crippen LogP contribution in [0.15, 0.2) is 42.5 Å². The third kappa shape index (κ3) is 2.64. The molecule has 0 spiro atoms. The molecule has 26 heavy (non-hydrogen) atoms. The van der Waals surface area contributed by atoms with Gasteiger partial charge in [0.1, 0.15) is 16.4 Å². The van der Waals surface area contributed by atoms with E-state index in [4.69, 9.17) is 15.2 Å². The quantitative estimate of drug-likeness (QED) is 0.560. The van der Waals surface area contributed by atoms with Crippen LogP contribution in [0.25, 0.3) is 21.5 Å². The number of primary amides is 1. The number of methoxy groups -OCH3 is 1. The van der Waals surface area contributed by atoms with Crippen molar-refractivity contribution < 1.29 is 14.3 Å². The molecule has 1 amide bonds. The Morgan fingerprint density at radius 2 is 2.00 bits per heavy atom. The van der Waals surface area contributed by atoms with Gasteiger partial charge in [-0.2, -0.15) is 5.21 Å². The Labute approximate surface area is 151 Å². The van der Waals surface area contributed by atoms with Crippen LogP contribution in [0.2, 0.25) is 0 Å². The van der Waals surface area contributed by atoms with Gasteiger partial charge in [-0.15, -0.1) is 21.5 Å². The highest BCUT2D eigenvalue weighted by atomic mass is 32.1. The maximum absolute atomic E-state index is 12.0. The second-order valence-electron chi connectivity index (χ2n) is 5.29. The maximum Gasteiger partial charge on any atom is 0.262 e. The Kier molecular flexibility index (Phi) is 3.98. The number of thiophene rings is 1. The third-order valence-corrected chi connectivity index (χ3v) is 4.90. The molecule has 4 aromatic rings. The number of carbonyl (C=O) groups is 1. The van der Waals surface area contributed by atoms with E-state index in [0.29, 0.717) is 38.9 Å². The predicted molar refractivity (Wildman–Crippen MR) is 96.6 cm³/mol. The summed E-state index contributed by atoms with van der Waals surface area (Å²) >= 11 is 1.24. The van der Waals surface area contributed by atoms with Gasteiger partial charge in [0.05, 0.1) is 18.1 Å². The molecule has 9 heteroatoms. The Morgan fingerprint density at radius 1 is 1.19 bits per heavy atom. The van der Waals surface area contributed by atoms with E-state index in [2.05, 4.69) is 20.6 Å². The van der Waals surface area contributed by atoms with Gasteiger partial charge in [-0.05, 0) is 29.5 Å². The maximum atomic E-state index is 12.0. The summed E-state index contributed by atoms with van der Waals surface area (Å²) in [4.78, 5) is 12.3. The Morgan fingerprint density at radius 3 is 2.65 bits per heavy atom. The van der Waals surface area contributed by atoms with Crippen molar-refractivity contribution in [1.82, 2.24) is 20.6 Å². The number of nitrogens with zero attached hydrogens (tertiary/aromatic N) is 3. The van der Waals surface area contributed by atoms with Gasteiger partial charge in [0.15, 0.2) is 5.75 Å². The van der Waals surface area contributed by atoms with Crippen LogP contribution in [0, 0.1) is 0 Å². The number of aromatic nitrogens is 4. The number of benzene rings is 2. The van der Waals surface area contributed by atoms with E-state index in [1.54, 1.807) is 25.3 Å². The SMILES string of the molecule is COc1ccc2sc(C(N)=O)c(Oc3ccccc3)c2c1-c1nn[nH]n1. The zero-order valence-electron chi connectivity index (χ0n) is 13.6. The van der Waals surface area contributed by atoms with Gasteiger partial charge in [-0.25, -0.2) is 0 Å². The summed E-state index contributed by atoms with van der Waals surface area (Å²) in [5.74, 6) is 1.22. The number of hydrogen-bond donors (Lipinski definition) is 2. The summed E-state index contributed by atoms with van der Waals surface area (Å²) in [7, 11) is 1.55. The van der Waals surface area contributed by atoms with Crippen LogP contribution in [0.1, 0.15) is 9.67 Å². The summed E-state index contributed by atoms with van der Waals surface area (Å²) in [5, 5.41) is 14.8. The molecule has 0 aliphatic heterocycles. The van der Waals surface area contributed by atoms with Crippen LogP contribution in [0.4, 0.5) is 0 Å². The average molecular weight is 367 g/mol. The molecule has 0 saturated carbocycles. The molecule has 0 aliphatic carbocycles. The molecule has 0 atom stereocenters. The molecule has 0 unspecified atom stereocenters. The predicted octanol–water partition coefficient (Wildman–Crippen LogP) is 2.98. The Bertz CT molecular complexity index is 1080. The highest BCUT2D eigenvalue weighted by molar-refractivity contribution is 7.21. The van der Waals surface area contributed by atoms with Gasteiger partial charge in [0.2, 0.25) is 5.82 Å². The molecule has 2 heterocycles. The first-order valence-electron chi connectivity index (χ1n) is 7.59. The van der Waals surface area contributed by atoms with Gasteiger partial charge in [-0.3, -0.25) is 4.79 Å². The average Bonchev–Trinajstić information content (AvgIpc) is 3.30. The molecule has 0 fully saturated rings. The van der Waals surface area contributed by atoms with E-state index in [-0.39, 0.29) is 0 Å². The van der Waals surface area contributed by atoms with Crippen molar-refractivity contribution in [2.75, 3.05) is 7.11 Å². The van der Waals surface area contributed by atoms with Crippen molar-refractivity contribution >= 4 is 27.3 Å². The van der Waals surface area contributed by atoms with Crippen LogP contribution in [-0.2, 0) is 0 Å². The minimum absolute atomic E-state index is 0.307. The normalized spacial score (nSPS) is 10.8. The molecule has 8 nitrogen and oxygen atoms in total. The standard InChI is InChI=1S/C17H13N5O3S/c1-24-10-7-8-11-13(12(10)17-19-21-22-20-17)14(15(26-11)16(18)23)25-9-5-3-2-4-6-9/h2-8H,1H3,(H2,18,23)(H,19,20,21,22). The molecular weight excluding hydrogens is 354 g/mol. The van der Waals surface area contributed by atoms with E-state index in [9.17, 15) is 4.79 Å². The fourth-order valence-corrected chi connectivity index (χ4v) is 3.66. The van der Waals surface area contributed by atoms with Crippen molar-refractivity contribution in [3.05, 3.63) is 47.3 Å². The fraction of sp³-hybridized carbons (Fsp3) is 0.0588. The molecule has 2 aromatic heterocycles. The topological polar surface area (TPSA) is 116 Å². The number of hydrogen-bond acceptors (Lipinski definition) is 7. The summed E-state index contributed by atoms with van der Waals surface area (Å²) in [6.07, 6.45) is 0. The van der Waals surface area contributed by atoms with Gasteiger partial charge >= 0.3 is 0 Å². The van der Waals surface area contributed by atoms with E-state index in [1.165, 1.54) is 11.3 Å². The van der Waals surface area contributed by atoms with Crippen LogP contribution in [-0.4, -0.2) is 33.6 Å². The lowest BCUT2D eigenvalue weighted by Gasteiger charge is -2.10. The van der Waals surface area contributed by atoms with Crippen molar-refractivity contribution in [1.29, 1.82) is 0 Å². The van der Waals surface area contributed by atoms with Crippen molar-refractivity contribution in [3.8, 4) is 28.6 Å². The summed E-state index contributed by atoms with van der Waals surface area (Å²) in [5.41, 5.74) is 6.16. The molecule has 0 aliphatic rings.